The van der Waals surface area contributed by atoms with E-state index in [1.807, 2.05) is 17.8 Å². The fraction of sp³-hybridized carbons (Fsp3) is 0.714. The Kier molecular flexibility index (Phi) is 3.85. The van der Waals surface area contributed by atoms with Crippen LogP contribution in [0.1, 0.15) is 38.9 Å². The standard InChI is InChI=1S/C14H23N3O/c1-4-14(2,17-8-5-6-9-17)12(18)11-13-15-7-10-16(13)3/h7,10H,4-6,8-9,11H2,1-3H3. The van der Waals surface area contributed by atoms with Crippen LogP contribution in [0.25, 0.3) is 0 Å². The first-order valence-electron chi connectivity index (χ1n) is 6.82. The third-order valence-electron chi connectivity index (χ3n) is 4.33. The molecule has 1 atom stereocenters. The zero-order valence-electron chi connectivity index (χ0n) is 11.6. The van der Waals surface area contributed by atoms with Crippen molar-refractivity contribution in [1.29, 1.82) is 0 Å². The predicted octanol–water partition coefficient (Wildman–Crippen LogP) is 1.80. The smallest absolute Gasteiger partial charge is 0.160 e. The molecule has 1 unspecified atom stereocenters. The molecule has 0 aliphatic carbocycles. The molecule has 0 radical (unpaired) electrons. The number of Topliss-reactive ketones (excluding diaryl/α,β-unsaturated/α-hetero) is 1. The minimum Gasteiger partial charge on any atom is -0.338 e. The van der Waals surface area contributed by atoms with E-state index in [-0.39, 0.29) is 5.54 Å². The van der Waals surface area contributed by atoms with Crippen molar-refractivity contribution in [2.24, 2.45) is 7.05 Å². The number of nitrogens with zero attached hydrogens (tertiary/aromatic N) is 3. The van der Waals surface area contributed by atoms with E-state index in [9.17, 15) is 4.79 Å². The summed E-state index contributed by atoms with van der Waals surface area (Å²) in [6.45, 7) is 6.30. The number of hydrogen-bond acceptors (Lipinski definition) is 3. The summed E-state index contributed by atoms with van der Waals surface area (Å²) >= 11 is 0. The van der Waals surface area contributed by atoms with Gasteiger partial charge >= 0.3 is 0 Å². The van der Waals surface area contributed by atoms with Gasteiger partial charge in [-0.2, -0.15) is 0 Å². The minimum absolute atomic E-state index is 0.293. The van der Waals surface area contributed by atoms with Crippen LogP contribution in [-0.2, 0) is 18.3 Å². The molecule has 0 saturated carbocycles. The zero-order chi connectivity index (χ0) is 13.2. The van der Waals surface area contributed by atoms with Crippen molar-refractivity contribution in [1.82, 2.24) is 14.5 Å². The molecule has 1 aromatic heterocycles. The number of likely N-dealkylation sites (tertiary alicyclic amines) is 1. The first kappa shape index (κ1) is 13.3. The van der Waals surface area contributed by atoms with Gasteiger partial charge in [0, 0.05) is 19.4 Å². The van der Waals surface area contributed by atoms with Crippen LogP contribution >= 0.6 is 0 Å². The summed E-state index contributed by atoms with van der Waals surface area (Å²) in [5.41, 5.74) is -0.317. The Hall–Kier alpha value is -1.16. The molecule has 4 nitrogen and oxygen atoms in total. The lowest BCUT2D eigenvalue weighted by Gasteiger charge is -2.36. The highest BCUT2D eigenvalue weighted by Crippen LogP contribution is 2.26. The highest BCUT2D eigenvalue weighted by atomic mass is 16.1. The zero-order valence-corrected chi connectivity index (χ0v) is 11.6. The van der Waals surface area contributed by atoms with Crippen LogP contribution in [0.2, 0.25) is 0 Å². The fourth-order valence-corrected chi connectivity index (χ4v) is 2.71. The summed E-state index contributed by atoms with van der Waals surface area (Å²) in [6.07, 6.45) is 7.38. The van der Waals surface area contributed by atoms with Crippen LogP contribution < -0.4 is 0 Å². The number of imidazole rings is 1. The second kappa shape index (κ2) is 5.22. The van der Waals surface area contributed by atoms with Crippen molar-refractivity contribution in [3.63, 3.8) is 0 Å². The summed E-state index contributed by atoms with van der Waals surface area (Å²) < 4.78 is 1.93. The van der Waals surface area contributed by atoms with Crippen molar-refractivity contribution in [2.45, 2.75) is 45.1 Å². The molecule has 1 aliphatic heterocycles. The molecule has 1 aromatic rings. The number of rotatable bonds is 5. The lowest BCUT2D eigenvalue weighted by Crippen LogP contribution is -2.51. The summed E-state index contributed by atoms with van der Waals surface area (Å²) in [7, 11) is 1.94. The average molecular weight is 249 g/mol. The average Bonchev–Trinajstić information content (AvgIpc) is 3.01. The summed E-state index contributed by atoms with van der Waals surface area (Å²) in [5, 5.41) is 0. The molecule has 1 fully saturated rings. The molecule has 1 saturated heterocycles. The first-order valence-corrected chi connectivity index (χ1v) is 6.82. The van der Waals surface area contributed by atoms with E-state index in [0.717, 1.165) is 25.3 Å². The van der Waals surface area contributed by atoms with Gasteiger partial charge in [0.2, 0.25) is 0 Å². The SMILES string of the molecule is CCC(C)(C(=O)Cc1nccn1C)N1CCCC1. The molecule has 4 heteroatoms. The topological polar surface area (TPSA) is 38.1 Å². The van der Waals surface area contributed by atoms with E-state index in [4.69, 9.17) is 0 Å². The highest BCUT2D eigenvalue weighted by molar-refractivity contribution is 5.89. The van der Waals surface area contributed by atoms with E-state index >= 15 is 0 Å². The number of aryl methyl sites for hydroxylation is 1. The van der Waals surface area contributed by atoms with Crippen LogP contribution in [0.15, 0.2) is 12.4 Å². The first-order chi connectivity index (χ1) is 8.58. The molecular weight excluding hydrogens is 226 g/mol. The van der Waals surface area contributed by atoms with Crippen molar-refractivity contribution < 1.29 is 4.79 Å². The lowest BCUT2D eigenvalue weighted by molar-refractivity contribution is -0.129. The second-order valence-electron chi connectivity index (χ2n) is 5.38. The molecule has 1 aliphatic rings. The Morgan fingerprint density at radius 3 is 2.61 bits per heavy atom. The summed E-state index contributed by atoms with van der Waals surface area (Å²) in [5.74, 6) is 1.15. The normalized spacial score (nSPS) is 19.9. The van der Waals surface area contributed by atoms with Crippen LogP contribution in [-0.4, -0.2) is 38.9 Å². The maximum Gasteiger partial charge on any atom is 0.160 e. The van der Waals surface area contributed by atoms with Crippen LogP contribution in [0.3, 0.4) is 0 Å². The van der Waals surface area contributed by atoms with E-state index in [0.29, 0.717) is 12.2 Å². The number of aromatic nitrogens is 2. The Morgan fingerprint density at radius 2 is 2.11 bits per heavy atom. The van der Waals surface area contributed by atoms with Crippen LogP contribution in [0, 0.1) is 0 Å². The van der Waals surface area contributed by atoms with Gasteiger partial charge in [0.1, 0.15) is 5.82 Å². The third kappa shape index (κ3) is 2.34. The Balaban J connectivity index is 2.12. The monoisotopic (exact) mass is 249 g/mol. The molecule has 0 aromatic carbocycles. The maximum absolute atomic E-state index is 12.6. The molecule has 0 bridgehead atoms. The number of hydrogen-bond donors (Lipinski definition) is 0. The van der Waals surface area contributed by atoms with Gasteiger partial charge in [0.05, 0.1) is 12.0 Å². The molecular formula is C14H23N3O. The van der Waals surface area contributed by atoms with Crippen molar-refractivity contribution in [3.05, 3.63) is 18.2 Å². The van der Waals surface area contributed by atoms with Gasteiger partial charge in [0.25, 0.3) is 0 Å². The highest BCUT2D eigenvalue weighted by Gasteiger charge is 2.38. The molecule has 0 amide bonds. The van der Waals surface area contributed by atoms with E-state index in [1.54, 1.807) is 6.20 Å². The van der Waals surface area contributed by atoms with Crippen LogP contribution in [0.5, 0.6) is 0 Å². The molecule has 100 valence electrons. The predicted molar refractivity (Wildman–Crippen MR) is 71.4 cm³/mol. The van der Waals surface area contributed by atoms with Gasteiger partial charge in [-0.25, -0.2) is 4.98 Å². The summed E-state index contributed by atoms with van der Waals surface area (Å²) in [4.78, 5) is 19.2. The molecule has 18 heavy (non-hydrogen) atoms. The number of carbonyl (C=O) groups is 1. The van der Waals surface area contributed by atoms with Gasteiger partial charge in [-0.15, -0.1) is 0 Å². The number of ketones is 1. The van der Waals surface area contributed by atoms with Gasteiger partial charge in [-0.05, 0) is 39.3 Å². The van der Waals surface area contributed by atoms with Gasteiger partial charge in [-0.1, -0.05) is 6.92 Å². The van der Waals surface area contributed by atoms with Gasteiger partial charge in [-0.3, -0.25) is 9.69 Å². The Bertz CT molecular complexity index is 420. The third-order valence-corrected chi connectivity index (χ3v) is 4.33. The summed E-state index contributed by atoms with van der Waals surface area (Å²) in [6, 6.07) is 0. The van der Waals surface area contributed by atoms with Crippen LogP contribution in [0.4, 0.5) is 0 Å². The largest absolute Gasteiger partial charge is 0.338 e. The van der Waals surface area contributed by atoms with Crippen molar-refractivity contribution in [3.8, 4) is 0 Å². The Morgan fingerprint density at radius 1 is 1.44 bits per heavy atom. The Labute approximate surface area is 109 Å². The van der Waals surface area contributed by atoms with E-state index in [1.165, 1.54) is 12.8 Å². The van der Waals surface area contributed by atoms with E-state index in [2.05, 4.69) is 23.7 Å². The van der Waals surface area contributed by atoms with E-state index < -0.39 is 0 Å². The lowest BCUT2D eigenvalue weighted by atomic mass is 9.89. The quantitative estimate of drug-likeness (QED) is 0.798. The maximum atomic E-state index is 12.6. The molecule has 2 heterocycles. The second-order valence-corrected chi connectivity index (χ2v) is 5.38. The molecule has 0 spiro atoms. The van der Waals surface area contributed by atoms with Gasteiger partial charge in [0.15, 0.2) is 5.78 Å². The van der Waals surface area contributed by atoms with Crippen molar-refractivity contribution >= 4 is 5.78 Å². The van der Waals surface area contributed by atoms with Crippen molar-refractivity contribution in [2.75, 3.05) is 13.1 Å². The number of carbonyl (C=O) groups excluding carboxylic acids is 1. The minimum atomic E-state index is -0.317. The molecule has 2 rings (SSSR count). The fourth-order valence-electron chi connectivity index (χ4n) is 2.71. The molecule has 0 N–H and O–H groups in total. The van der Waals surface area contributed by atoms with Gasteiger partial charge < -0.3 is 4.57 Å².